The maximum absolute atomic E-state index is 2.34. The third-order valence-electron chi connectivity index (χ3n) is 2.98. The monoisotopic (exact) mass is 160 g/mol. The molecule has 12 heavy (non-hydrogen) atoms. The second kappa shape index (κ2) is 2.62. The molecule has 1 aliphatic rings. The minimum absolute atomic E-state index is 0.862. The van der Waals surface area contributed by atoms with E-state index in [4.69, 9.17) is 0 Å². The fraction of sp³-hybridized carbons (Fsp3) is 0.500. The number of fused-ring (bicyclic) bond motifs is 1. The first-order valence-electron chi connectivity index (χ1n) is 4.82. The van der Waals surface area contributed by atoms with Crippen molar-refractivity contribution in [1.82, 2.24) is 0 Å². The molecule has 0 heteroatoms. The van der Waals surface area contributed by atoms with Gasteiger partial charge in [0.2, 0.25) is 0 Å². The van der Waals surface area contributed by atoms with E-state index in [9.17, 15) is 0 Å². The van der Waals surface area contributed by atoms with E-state index in [0.717, 1.165) is 5.92 Å². The van der Waals surface area contributed by atoms with Gasteiger partial charge in [-0.25, -0.2) is 0 Å². The van der Waals surface area contributed by atoms with Crippen LogP contribution in [0.15, 0.2) is 12.1 Å². The Labute approximate surface area is 74.6 Å². The van der Waals surface area contributed by atoms with Gasteiger partial charge in [0, 0.05) is 0 Å². The Balaban J connectivity index is 2.46. The molecule has 2 rings (SSSR count). The second-order valence-corrected chi connectivity index (χ2v) is 3.96. The van der Waals surface area contributed by atoms with E-state index in [2.05, 4.69) is 32.9 Å². The van der Waals surface area contributed by atoms with Crippen LogP contribution >= 0.6 is 0 Å². The van der Waals surface area contributed by atoms with Crippen molar-refractivity contribution in [2.45, 2.75) is 39.5 Å². The van der Waals surface area contributed by atoms with Crippen molar-refractivity contribution in [2.75, 3.05) is 0 Å². The Hall–Kier alpha value is -0.780. The smallest absolute Gasteiger partial charge is 0.0119 e. The standard InChI is InChI=1S/C12H16/c1-4-10-7-11-6-8(2)5-9(3)12(10)11/h5-6,10H,4,7H2,1-3H3. The number of aryl methyl sites for hydroxylation is 2. The van der Waals surface area contributed by atoms with Crippen molar-refractivity contribution in [3.63, 3.8) is 0 Å². The molecule has 0 aromatic heterocycles. The van der Waals surface area contributed by atoms with Crippen molar-refractivity contribution < 1.29 is 0 Å². The van der Waals surface area contributed by atoms with E-state index in [-0.39, 0.29) is 0 Å². The van der Waals surface area contributed by atoms with Crippen molar-refractivity contribution in [2.24, 2.45) is 0 Å². The molecule has 0 nitrogen and oxygen atoms in total. The summed E-state index contributed by atoms with van der Waals surface area (Å²) in [6.07, 6.45) is 2.62. The van der Waals surface area contributed by atoms with Crippen LogP contribution in [0.4, 0.5) is 0 Å². The Morgan fingerprint density at radius 3 is 2.67 bits per heavy atom. The molecule has 0 radical (unpaired) electrons. The van der Waals surface area contributed by atoms with Gasteiger partial charge in [0.1, 0.15) is 0 Å². The average Bonchev–Trinajstić information content (AvgIpc) is 1.94. The molecular weight excluding hydrogens is 144 g/mol. The normalized spacial score (nSPS) is 20.1. The first-order chi connectivity index (χ1) is 5.72. The lowest BCUT2D eigenvalue weighted by molar-refractivity contribution is 0.583. The molecule has 0 N–H and O–H groups in total. The zero-order valence-corrected chi connectivity index (χ0v) is 8.15. The van der Waals surface area contributed by atoms with Crippen LogP contribution in [0.3, 0.4) is 0 Å². The highest BCUT2D eigenvalue weighted by molar-refractivity contribution is 5.47. The van der Waals surface area contributed by atoms with Crippen molar-refractivity contribution >= 4 is 0 Å². The van der Waals surface area contributed by atoms with E-state index in [0.29, 0.717) is 0 Å². The van der Waals surface area contributed by atoms with E-state index in [1.54, 1.807) is 11.1 Å². The second-order valence-electron chi connectivity index (χ2n) is 3.96. The van der Waals surface area contributed by atoms with Crippen LogP contribution < -0.4 is 0 Å². The van der Waals surface area contributed by atoms with E-state index in [1.165, 1.54) is 24.0 Å². The lowest BCUT2D eigenvalue weighted by Gasteiger charge is -2.31. The van der Waals surface area contributed by atoms with Gasteiger partial charge >= 0.3 is 0 Å². The molecule has 64 valence electrons. The number of rotatable bonds is 1. The summed E-state index contributed by atoms with van der Waals surface area (Å²) in [6, 6.07) is 4.65. The molecule has 0 amide bonds. The molecule has 0 aliphatic heterocycles. The zero-order valence-electron chi connectivity index (χ0n) is 8.15. The number of hydrogen-bond acceptors (Lipinski definition) is 0. The Morgan fingerprint density at radius 1 is 1.33 bits per heavy atom. The van der Waals surface area contributed by atoms with Gasteiger partial charge in [-0.1, -0.05) is 24.6 Å². The molecule has 1 aliphatic carbocycles. The number of hydrogen-bond donors (Lipinski definition) is 0. The first-order valence-corrected chi connectivity index (χ1v) is 4.82. The van der Waals surface area contributed by atoms with Crippen LogP contribution in [0, 0.1) is 13.8 Å². The summed E-state index contributed by atoms with van der Waals surface area (Å²) in [7, 11) is 0. The van der Waals surface area contributed by atoms with Gasteiger partial charge in [-0.05, 0) is 49.3 Å². The molecule has 1 unspecified atom stereocenters. The SMILES string of the molecule is CCC1Cc2cc(C)cc(C)c21. The zero-order chi connectivity index (χ0) is 8.72. The van der Waals surface area contributed by atoms with E-state index in [1.807, 2.05) is 0 Å². The van der Waals surface area contributed by atoms with Gasteiger partial charge < -0.3 is 0 Å². The topological polar surface area (TPSA) is 0 Å². The van der Waals surface area contributed by atoms with Crippen LogP contribution in [-0.4, -0.2) is 0 Å². The predicted molar refractivity (Wildman–Crippen MR) is 52.7 cm³/mol. The lowest BCUT2D eigenvalue weighted by atomic mass is 9.73. The Morgan fingerprint density at radius 2 is 2.08 bits per heavy atom. The van der Waals surface area contributed by atoms with Gasteiger partial charge in [-0.2, -0.15) is 0 Å². The summed E-state index contributed by atoms with van der Waals surface area (Å²) < 4.78 is 0. The molecule has 0 fully saturated rings. The maximum Gasteiger partial charge on any atom is -0.0119 e. The minimum Gasteiger partial charge on any atom is -0.0648 e. The van der Waals surface area contributed by atoms with Crippen molar-refractivity contribution in [1.29, 1.82) is 0 Å². The highest BCUT2D eigenvalue weighted by Gasteiger charge is 2.25. The van der Waals surface area contributed by atoms with Gasteiger partial charge in [-0.3, -0.25) is 0 Å². The van der Waals surface area contributed by atoms with Crippen LogP contribution in [0.2, 0.25) is 0 Å². The van der Waals surface area contributed by atoms with E-state index >= 15 is 0 Å². The van der Waals surface area contributed by atoms with Gasteiger partial charge in [-0.15, -0.1) is 0 Å². The summed E-state index contributed by atoms with van der Waals surface area (Å²) in [4.78, 5) is 0. The molecule has 1 atom stereocenters. The molecule has 1 aromatic carbocycles. The van der Waals surface area contributed by atoms with Gasteiger partial charge in [0.05, 0.1) is 0 Å². The maximum atomic E-state index is 2.34. The third-order valence-corrected chi connectivity index (χ3v) is 2.98. The van der Waals surface area contributed by atoms with E-state index < -0.39 is 0 Å². The molecule has 0 heterocycles. The Kier molecular flexibility index (Phi) is 1.71. The fourth-order valence-electron chi connectivity index (χ4n) is 2.40. The molecule has 0 saturated carbocycles. The third kappa shape index (κ3) is 0.979. The molecule has 0 spiro atoms. The molecule has 0 bridgehead atoms. The Bertz CT molecular complexity index is 293. The molecule has 0 saturated heterocycles. The van der Waals surface area contributed by atoms with Crippen molar-refractivity contribution in [3.05, 3.63) is 34.4 Å². The highest BCUT2D eigenvalue weighted by Crippen LogP contribution is 2.40. The summed E-state index contributed by atoms with van der Waals surface area (Å²) >= 11 is 0. The van der Waals surface area contributed by atoms with Crippen LogP contribution in [0.5, 0.6) is 0 Å². The predicted octanol–water partition coefficient (Wildman–Crippen LogP) is 3.35. The minimum atomic E-state index is 0.862. The first kappa shape index (κ1) is 7.85. The summed E-state index contributed by atoms with van der Waals surface area (Å²) in [5, 5.41) is 0. The van der Waals surface area contributed by atoms with Crippen LogP contribution in [0.25, 0.3) is 0 Å². The lowest BCUT2D eigenvalue weighted by Crippen LogP contribution is -2.18. The molecular formula is C12H16. The summed E-state index contributed by atoms with van der Waals surface area (Å²) in [5.41, 5.74) is 6.16. The quantitative estimate of drug-likeness (QED) is 0.591. The van der Waals surface area contributed by atoms with Gasteiger partial charge in [0.25, 0.3) is 0 Å². The summed E-state index contributed by atoms with van der Waals surface area (Å²) in [5.74, 6) is 0.862. The summed E-state index contributed by atoms with van der Waals surface area (Å²) in [6.45, 7) is 6.72. The van der Waals surface area contributed by atoms with Crippen molar-refractivity contribution in [3.8, 4) is 0 Å². The largest absolute Gasteiger partial charge is 0.0648 e. The van der Waals surface area contributed by atoms with Crippen LogP contribution in [-0.2, 0) is 6.42 Å². The number of benzene rings is 1. The highest BCUT2D eigenvalue weighted by atomic mass is 14.3. The van der Waals surface area contributed by atoms with Gasteiger partial charge in [0.15, 0.2) is 0 Å². The fourth-order valence-corrected chi connectivity index (χ4v) is 2.40. The molecule has 1 aromatic rings. The van der Waals surface area contributed by atoms with Crippen LogP contribution in [0.1, 0.15) is 41.5 Å². The average molecular weight is 160 g/mol.